The van der Waals surface area contributed by atoms with E-state index in [-0.39, 0.29) is 51.4 Å². The summed E-state index contributed by atoms with van der Waals surface area (Å²) in [6.07, 6.45) is 0. The summed E-state index contributed by atoms with van der Waals surface area (Å²) in [5.41, 5.74) is 0. The van der Waals surface area contributed by atoms with Crippen molar-refractivity contribution in [2.24, 2.45) is 0 Å². The molecule has 0 saturated heterocycles. The SMILES string of the molecule is O=[S-](=O)F.[K+]. The van der Waals surface area contributed by atoms with E-state index < -0.39 is 11.1 Å². The van der Waals surface area contributed by atoms with Gasteiger partial charge in [-0.2, -0.15) is 0 Å². The minimum absolute atomic E-state index is 0. The van der Waals surface area contributed by atoms with Crippen molar-refractivity contribution in [3.05, 3.63) is 0 Å². The van der Waals surface area contributed by atoms with Gasteiger partial charge in [0.1, 0.15) is 0 Å². The minimum Gasteiger partial charge on any atom is -0.392 e. The van der Waals surface area contributed by atoms with E-state index in [0.29, 0.717) is 0 Å². The quantitative estimate of drug-likeness (QED) is 0.197. The van der Waals surface area contributed by atoms with E-state index in [1.165, 1.54) is 0 Å². The van der Waals surface area contributed by atoms with E-state index in [1.807, 2.05) is 0 Å². The van der Waals surface area contributed by atoms with Crippen molar-refractivity contribution < 1.29 is 63.7 Å². The summed E-state index contributed by atoms with van der Waals surface area (Å²) in [5.74, 6) is 0. The Kier molecular flexibility index (Phi) is 10.7. The first-order valence-electron chi connectivity index (χ1n) is 0.488. The average molecular weight is 122 g/mol. The molecule has 0 rings (SSSR count). The molecule has 0 amide bonds. The topological polar surface area (TPSA) is 34.1 Å². The van der Waals surface area contributed by atoms with E-state index in [4.69, 9.17) is 8.42 Å². The van der Waals surface area contributed by atoms with Gasteiger partial charge in [0, 0.05) is 0 Å². The Morgan fingerprint density at radius 3 is 1.40 bits per heavy atom. The van der Waals surface area contributed by atoms with Crippen molar-refractivity contribution in [2.75, 3.05) is 0 Å². The molecular formula is FKO2S. The van der Waals surface area contributed by atoms with Gasteiger partial charge in [0.05, 0.1) is 11.1 Å². The van der Waals surface area contributed by atoms with Crippen molar-refractivity contribution in [3.63, 3.8) is 0 Å². The summed E-state index contributed by atoms with van der Waals surface area (Å²) in [7, 11) is 0. The minimum atomic E-state index is -3.36. The summed E-state index contributed by atoms with van der Waals surface area (Å²) in [5, 5.41) is 0. The zero-order chi connectivity index (χ0) is 3.58. The van der Waals surface area contributed by atoms with Gasteiger partial charge in [-0.3, -0.25) is 0 Å². The van der Waals surface area contributed by atoms with E-state index in [9.17, 15) is 3.89 Å². The molecule has 0 spiro atoms. The second-order valence-corrected chi connectivity index (χ2v) is 0.582. The molecule has 0 heterocycles. The molecule has 0 N–H and O–H groups in total. The van der Waals surface area contributed by atoms with Crippen molar-refractivity contribution >= 4 is 11.1 Å². The zero-order valence-corrected chi connectivity index (χ0v) is 6.54. The van der Waals surface area contributed by atoms with Crippen LogP contribution in [0.15, 0.2) is 0 Å². The molecule has 2 nitrogen and oxygen atoms in total. The van der Waals surface area contributed by atoms with Crippen molar-refractivity contribution in [2.45, 2.75) is 0 Å². The molecule has 0 unspecified atom stereocenters. The summed E-state index contributed by atoms with van der Waals surface area (Å²) in [4.78, 5) is 0. The van der Waals surface area contributed by atoms with Crippen LogP contribution >= 0.6 is 0 Å². The van der Waals surface area contributed by atoms with Gasteiger partial charge >= 0.3 is 51.4 Å². The van der Waals surface area contributed by atoms with Crippen molar-refractivity contribution in [1.29, 1.82) is 0 Å². The molecule has 26 valence electrons. The third-order valence-electron chi connectivity index (χ3n) is 0. The third-order valence-corrected chi connectivity index (χ3v) is 0. The smallest absolute Gasteiger partial charge is 0.392 e. The van der Waals surface area contributed by atoms with Crippen molar-refractivity contribution in [3.8, 4) is 0 Å². The fourth-order valence-electron chi connectivity index (χ4n) is 0. The van der Waals surface area contributed by atoms with Crippen LogP contribution in [-0.4, -0.2) is 0 Å². The summed E-state index contributed by atoms with van der Waals surface area (Å²) in [6, 6.07) is 0. The monoisotopic (exact) mass is 122 g/mol. The maximum Gasteiger partial charge on any atom is 1.00 e. The number of rotatable bonds is 0. The molecule has 0 aliphatic carbocycles. The van der Waals surface area contributed by atoms with E-state index in [2.05, 4.69) is 0 Å². The molecular weight excluding hydrogens is 122 g/mol. The molecule has 5 heavy (non-hydrogen) atoms. The molecule has 0 fully saturated rings. The van der Waals surface area contributed by atoms with Crippen LogP contribution in [0.2, 0.25) is 0 Å². The average Bonchev–Trinajstić information content (AvgIpc) is 0.811. The van der Waals surface area contributed by atoms with Crippen LogP contribution in [0.3, 0.4) is 0 Å². The first kappa shape index (κ1) is 9.72. The Bertz CT molecular complexity index is 58.0. The van der Waals surface area contributed by atoms with Gasteiger partial charge < -0.3 is 12.3 Å². The second kappa shape index (κ2) is 5.52. The van der Waals surface area contributed by atoms with Gasteiger partial charge in [0.2, 0.25) is 0 Å². The normalized spacial score (nSPS) is 6.80. The van der Waals surface area contributed by atoms with Gasteiger partial charge in [-0.25, -0.2) is 0 Å². The Labute approximate surface area is 73.4 Å². The molecule has 0 aromatic heterocycles. The predicted molar refractivity (Wildman–Crippen MR) is 9.85 cm³/mol. The standard InChI is InChI=1S/FO2S.K/c1-4(2)3;/q-1;+1. The van der Waals surface area contributed by atoms with E-state index in [1.54, 1.807) is 0 Å². The van der Waals surface area contributed by atoms with Crippen molar-refractivity contribution in [1.82, 2.24) is 0 Å². The fourth-order valence-corrected chi connectivity index (χ4v) is 0. The molecule has 0 radical (unpaired) electrons. The summed E-state index contributed by atoms with van der Waals surface area (Å²) in [6.45, 7) is 0. The zero-order valence-electron chi connectivity index (χ0n) is 2.60. The fraction of sp³-hybridized carbons (Fsp3) is 0. The van der Waals surface area contributed by atoms with Gasteiger partial charge in [0.15, 0.2) is 0 Å². The third kappa shape index (κ3) is 29.7. The van der Waals surface area contributed by atoms with Gasteiger partial charge in [0.25, 0.3) is 0 Å². The van der Waals surface area contributed by atoms with Gasteiger partial charge in [-0.05, 0) is 0 Å². The Balaban J connectivity index is 0. The Hall–Kier alpha value is 1.52. The maximum atomic E-state index is 9.92. The molecule has 5 heteroatoms. The number of hydrogen-bond acceptors (Lipinski definition) is 3. The molecule has 0 saturated carbocycles. The van der Waals surface area contributed by atoms with Crippen LogP contribution in [0.5, 0.6) is 0 Å². The molecule has 0 aromatic rings. The number of hydrogen-bond donors (Lipinski definition) is 0. The van der Waals surface area contributed by atoms with Crippen LogP contribution in [0.25, 0.3) is 0 Å². The molecule has 0 aliphatic rings. The molecule has 0 bridgehead atoms. The summed E-state index contributed by atoms with van der Waals surface area (Å²) >= 11 is -3.36. The Morgan fingerprint density at radius 2 is 1.40 bits per heavy atom. The van der Waals surface area contributed by atoms with Gasteiger partial charge in [-0.1, -0.05) is 0 Å². The van der Waals surface area contributed by atoms with Gasteiger partial charge in [-0.15, -0.1) is 0 Å². The Morgan fingerprint density at radius 1 is 1.40 bits per heavy atom. The van der Waals surface area contributed by atoms with Crippen LogP contribution in [0, 0.1) is 0 Å². The van der Waals surface area contributed by atoms with Crippen LogP contribution in [0.1, 0.15) is 0 Å². The van der Waals surface area contributed by atoms with Crippen LogP contribution in [-0.2, 0) is 19.5 Å². The molecule has 0 aliphatic heterocycles. The maximum absolute atomic E-state index is 9.92. The number of halogens is 1. The molecule has 0 aromatic carbocycles. The largest absolute Gasteiger partial charge is 1.00 e. The van der Waals surface area contributed by atoms with E-state index >= 15 is 0 Å². The molecule has 0 atom stereocenters. The van der Waals surface area contributed by atoms with E-state index in [0.717, 1.165) is 0 Å². The summed E-state index contributed by atoms with van der Waals surface area (Å²) < 4.78 is 26.6. The van der Waals surface area contributed by atoms with Crippen LogP contribution in [0.4, 0.5) is 3.89 Å². The second-order valence-electron chi connectivity index (χ2n) is 0.194. The first-order valence-corrected chi connectivity index (χ1v) is 1.46. The first-order chi connectivity index (χ1) is 1.73. The van der Waals surface area contributed by atoms with Crippen LogP contribution < -0.4 is 51.4 Å². The predicted octanol–water partition coefficient (Wildman–Crippen LogP) is -2.82.